The molecule has 1 heterocycles. The monoisotopic (exact) mass is 586 g/mol. The number of epoxide rings is 1. The molecule has 6 rings (SSSR count). The van der Waals surface area contributed by atoms with Gasteiger partial charge in [-0.25, -0.2) is 9.59 Å². The third kappa shape index (κ3) is 5.14. The fourth-order valence-corrected chi connectivity index (χ4v) is 7.95. The molecule has 3 fully saturated rings. The molecular weight excluding hydrogens is 544 g/mol. The number of esters is 2. The normalized spacial score (nSPS) is 37.3. The summed E-state index contributed by atoms with van der Waals surface area (Å²) in [5, 5.41) is 12.5. The van der Waals surface area contributed by atoms with Gasteiger partial charge in [-0.2, -0.15) is 0 Å². The van der Waals surface area contributed by atoms with Gasteiger partial charge in [0.25, 0.3) is 0 Å². The summed E-state index contributed by atoms with van der Waals surface area (Å²) in [4.78, 5) is 41.5. The van der Waals surface area contributed by atoms with Crippen LogP contribution in [0.2, 0.25) is 0 Å². The van der Waals surface area contributed by atoms with Crippen molar-refractivity contribution in [3.8, 4) is 0 Å². The molecule has 7 nitrogen and oxygen atoms in total. The molecule has 0 aromatic heterocycles. The van der Waals surface area contributed by atoms with E-state index in [1.165, 1.54) is 0 Å². The zero-order valence-corrected chi connectivity index (χ0v) is 25.9. The standard InChI is InChI=1S/C36H42O7/c1-20-9-7-11-24(15-20)32(38)42-29-23(4)18-36(40)28(29)31(43-33(39)25-12-8-10-21(2)16-25)35(19-41-35)14-13-26-27(34(26,5)6)17-22(3)30(36)37/h7-12,15-17,23,26-29,31,40H,13-14,18-19H2,1-6H3/b22-17+/t23-,26-,27+,28+,29-,31+,35-,36+/m0/s1. The van der Waals surface area contributed by atoms with Gasteiger partial charge >= 0.3 is 11.9 Å². The molecule has 2 aromatic carbocycles. The molecule has 1 saturated heterocycles. The molecule has 3 aliphatic carbocycles. The van der Waals surface area contributed by atoms with E-state index in [1.54, 1.807) is 43.3 Å². The van der Waals surface area contributed by atoms with Gasteiger partial charge in [0.05, 0.1) is 23.7 Å². The largest absolute Gasteiger partial charge is 0.458 e. The molecule has 2 aromatic rings. The first-order valence-corrected chi connectivity index (χ1v) is 15.4. The summed E-state index contributed by atoms with van der Waals surface area (Å²) in [6.45, 7) is 12.2. The molecule has 1 aliphatic heterocycles. The third-order valence-electron chi connectivity index (χ3n) is 10.6. The number of ether oxygens (including phenoxy) is 3. The third-order valence-corrected chi connectivity index (χ3v) is 10.6. The lowest BCUT2D eigenvalue weighted by Gasteiger charge is -2.39. The van der Waals surface area contributed by atoms with Crippen LogP contribution < -0.4 is 0 Å². The van der Waals surface area contributed by atoms with E-state index in [2.05, 4.69) is 13.8 Å². The number of carbonyl (C=O) groups is 3. The lowest BCUT2D eigenvalue weighted by Crippen LogP contribution is -2.56. The number of aliphatic hydroxyl groups is 1. The zero-order chi connectivity index (χ0) is 30.9. The number of aryl methyl sites for hydroxylation is 2. The lowest BCUT2D eigenvalue weighted by atomic mass is 9.74. The lowest BCUT2D eigenvalue weighted by molar-refractivity contribution is -0.151. The van der Waals surface area contributed by atoms with Gasteiger partial charge in [-0.05, 0) is 93.0 Å². The van der Waals surface area contributed by atoms with Gasteiger partial charge in [0.2, 0.25) is 0 Å². The molecule has 1 N–H and O–H groups in total. The van der Waals surface area contributed by atoms with E-state index in [4.69, 9.17) is 14.2 Å². The summed E-state index contributed by atoms with van der Waals surface area (Å²) >= 11 is 0. The average Bonchev–Trinajstić information content (AvgIpc) is 3.82. The van der Waals surface area contributed by atoms with Crippen molar-refractivity contribution in [1.29, 1.82) is 0 Å². The Hall–Kier alpha value is -3.29. The van der Waals surface area contributed by atoms with Gasteiger partial charge in [-0.3, -0.25) is 4.79 Å². The molecular formula is C36H42O7. The second-order valence-corrected chi connectivity index (χ2v) is 14.1. The quantitative estimate of drug-likeness (QED) is 0.357. The number of carbonyl (C=O) groups excluding carboxylic acids is 3. The first-order valence-electron chi connectivity index (χ1n) is 15.4. The fraction of sp³-hybridized carbons (Fsp3) is 0.528. The zero-order valence-electron chi connectivity index (χ0n) is 25.9. The summed E-state index contributed by atoms with van der Waals surface area (Å²) in [6, 6.07) is 14.3. The highest BCUT2D eigenvalue weighted by atomic mass is 16.6. The predicted molar refractivity (Wildman–Crippen MR) is 160 cm³/mol. The number of Topliss-reactive ketones (excluding diaryl/α,β-unsaturated/α-hetero) is 1. The predicted octanol–water partition coefficient (Wildman–Crippen LogP) is 5.79. The number of rotatable bonds is 4. The summed E-state index contributed by atoms with van der Waals surface area (Å²) in [6.07, 6.45) is 1.60. The summed E-state index contributed by atoms with van der Waals surface area (Å²) in [7, 11) is 0. The molecule has 0 unspecified atom stereocenters. The maximum atomic E-state index is 14.3. The maximum absolute atomic E-state index is 14.3. The highest BCUT2D eigenvalue weighted by Crippen LogP contribution is 2.63. The summed E-state index contributed by atoms with van der Waals surface area (Å²) < 4.78 is 18.7. The van der Waals surface area contributed by atoms with Crippen LogP contribution in [0.1, 0.15) is 78.8 Å². The second kappa shape index (κ2) is 10.4. The molecule has 4 aliphatic rings. The van der Waals surface area contributed by atoms with Crippen LogP contribution in [0.5, 0.6) is 0 Å². The highest BCUT2D eigenvalue weighted by molar-refractivity contribution is 6.02. The fourth-order valence-electron chi connectivity index (χ4n) is 7.95. The molecule has 0 bridgehead atoms. The van der Waals surface area contributed by atoms with Gasteiger partial charge in [-0.1, -0.05) is 62.2 Å². The molecule has 0 amide bonds. The first-order chi connectivity index (χ1) is 20.3. The summed E-state index contributed by atoms with van der Waals surface area (Å²) in [5.41, 5.74) is 0.263. The van der Waals surface area contributed by atoms with E-state index >= 15 is 0 Å². The van der Waals surface area contributed by atoms with Crippen molar-refractivity contribution < 1.29 is 33.7 Å². The Kier molecular flexibility index (Phi) is 7.21. The van der Waals surface area contributed by atoms with Crippen molar-refractivity contribution in [3.63, 3.8) is 0 Å². The van der Waals surface area contributed by atoms with Gasteiger partial charge in [0.15, 0.2) is 5.78 Å². The van der Waals surface area contributed by atoms with E-state index < -0.39 is 47.0 Å². The van der Waals surface area contributed by atoms with Crippen LogP contribution in [-0.2, 0) is 19.0 Å². The minimum atomic E-state index is -1.92. The Balaban J connectivity index is 1.45. The van der Waals surface area contributed by atoms with Crippen LogP contribution in [0.4, 0.5) is 0 Å². The van der Waals surface area contributed by atoms with E-state index in [0.29, 0.717) is 35.6 Å². The van der Waals surface area contributed by atoms with Crippen molar-refractivity contribution >= 4 is 17.7 Å². The molecule has 0 radical (unpaired) electrons. The second-order valence-electron chi connectivity index (χ2n) is 14.1. The van der Waals surface area contributed by atoms with E-state index in [1.807, 2.05) is 39.0 Å². The number of hydrogen-bond donors (Lipinski definition) is 1. The number of benzene rings is 2. The Labute approximate surface area is 253 Å². The Morgan fingerprint density at radius 2 is 1.53 bits per heavy atom. The average molecular weight is 587 g/mol. The molecule has 1 spiro atoms. The van der Waals surface area contributed by atoms with E-state index in [0.717, 1.165) is 17.5 Å². The smallest absolute Gasteiger partial charge is 0.338 e. The molecule has 228 valence electrons. The number of ketones is 1. The van der Waals surface area contributed by atoms with Crippen molar-refractivity contribution in [2.45, 2.75) is 84.2 Å². The first kappa shape index (κ1) is 29.8. The summed E-state index contributed by atoms with van der Waals surface area (Å²) in [5.74, 6) is -2.38. The Bertz CT molecular complexity index is 1500. The van der Waals surface area contributed by atoms with Crippen molar-refractivity contribution in [2.24, 2.45) is 29.1 Å². The van der Waals surface area contributed by atoms with Gasteiger partial charge in [-0.15, -0.1) is 0 Å². The maximum Gasteiger partial charge on any atom is 0.338 e. The van der Waals surface area contributed by atoms with E-state index in [-0.39, 0.29) is 23.7 Å². The highest BCUT2D eigenvalue weighted by Gasteiger charge is 2.69. The number of hydrogen-bond acceptors (Lipinski definition) is 7. The molecule has 8 atom stereocenters. The molecule has 7 heteroatoms. The topological polar surface area (TPSA) is 102 Å². The Morgan fingerprint density at radius 3 is 2.09 bits per heavy atom. The minimum absolute atomic E-state index is 0.0153. The van der Waals surface area contributed by atoms with Crippen molar-refractivity contribution in [1.82, 2.24) is 0 Å². The minimum Gasteiger partial charge on any atom is -0.458 e. The van der Waals surface area contributed by atoms with Crippen LogP contribution in [0.15, 0.2) is 60.2 Å². The number of fused-ring (bicyclic) bond motifs is 2. The molecule has 43 heavy (non-hydrogen) atoms. The van der Waals surface area contributed by atoms with Gasteiger partial charge in [0.1, 0.15) is 23.4 Å². The SMILES string of the molecule is C/C1=C\[C@@H]2[C@H](CC[C@]3(CO3)[C@H](OC(=O)c3cccc(C)c3)[C@H]3[C@@H](OC(=O)c4cccc(C)c4)[C@@H](C)C[C@]3(O)C1=O)C2(C)C. The van der Waals surface area contributed by atoms with Gasteiger partial charge in [0, 0.05) is 0 Å². The van der Waals surface area contributed by atoms with E-state index in [9.17, 15) is 19.5 Å². The molecule has 2 saturated carbocycles. The van der Waals surface area contributed by atoms with Crippen LogP contribution in [0, 0.1) is 42.9 Å². The van der Waals surface area contributed by atoms with Crippen molar-refractivity contribution in [3.05, 3.63) is 82.4 Å². The number of allylic oxidation sites excluding steroid dienone is 1. The van der Waals surface area contributed by atoms with Crippen LogP contribution >= 0.6 is 0 Å². The van der Waals surface area contributed by atoms with Crippen LogP contribution in [0.3, 0.4) is 0 Å². The van der Waals surface area contributed by atoms with Gasteiger partial charge < -0.3 is 19.3 Å². The van der Waals surface area contributed by atoms with Crippen LogP contribution in [0.25, 0.3) is 0 Å². The van der Waals surface area contributed by atoms with Crippen LogP contribution in [-0.4, -0.2) is 52.8 Å². The van der Waals surface area contributed by atoms with Crippen molar-refractivity contribution in [2.75, 3.05) is 6.61 Å². The Morgan fingerprint density at radius 1 is 0.953 bits per heavy atom.